The molecule has 1 aliphatic carbocycles. The van der Waals surface area contributed by atoms with Crippen molar-refractivity contribution in [1.82, 2.24) is 10.2 Å². The molecule has 0 aromatic heterocycles. The van der Waals surface area contributed by atoms with Crippen LogP contribution in [0.3, 0.4) is 0 Å². The molecule has 0 spiro atoms. The van der Waals surface area contributed by atoms with E-state index in [1.54, 1.807) is 4.90 Å². The maximum absolute atomic E-state index is 12.0. The summed E-state index contributed by atoms with van der Waals surface area (Å²) < 4.78 is 0. The van der Waals surface area contributed by atoms with Crippen molar-refractivity contribution in [2.75, 3.05) is 19.6 Å². The average Bonchev–Trinajstić information content (AvgIpc) is 3.01. The Hall–Kier alpha value is -1.59. The maximum Gasteiger partial charge on any atom is 0.306 e. The summed E-state index contributed by atoms with van der Waals surface area (Å²) >= 11 is 0. The molecule has 0 aromatic carbocycles. The van der Waals surface area contributed by atoms with Crippen molar-refractivity contribution in [2.45, 2.75) is 32.6 Å². The minimum atomic E-state index is -0.769. The molecule has 112 valence electrons. The van der Waals surface area contributed by atoms with Gasteiger partial charge < -0.3 is 15.3 Å². The van der Waals surface area contributed by atoms with E-state index in [9.17, 15) is 14.4 Å². The highest BCUT2D eigenvalue weighted by Gasteiger charge is 2.36. The predicted molar refractivity (Wildman–Crippen MR) is 71.8 cm³/mol. The fourth-order valence-corrected chi connectivity index (χ4v) is 3.24. The third-order valence-electron chi connectivity index (χ3n) is 4.48. The van der Waals surface area contributed by atoms with Crippen molar-refractivity contribution in [3.8, 4) is 0 Å². The van der Waals surface area contributed by atoms with E-state index < -0.39 is 5.97 Å². The van der Waals surface area contributed by atoms with Gasteiger partial charge in [0, 0.05) is 26.1 Å². The summed E-state index contributed by atoms with van der Waals surface area (Å²) in [5, 5.41) is 11.9. The molecule has 2 amide bonds. The van der Waals surface area contributed by atoms with Gasteiger partial charge in [0.1, 0.15) is 0 Å². The second kappa shape index (κ2) is 6.24. The van der Waals surface area contributed by atoms with E-state index in [2.05, 4.69) is 5.32 Å². The van der Waals surface area contributed by atoms with Gasteiger partial charge >= 0.3 is 5.97 Å². The Balaban J connectivity index is 1.81. The summed E-state index contributed by atoms with van der Waals surface area (Å²) in [5.41, 5.74) is 0. The van der Waals surface area contributed by atoms with Gasteiger partial charge in [-0.2, -0.15) is 0 Å². The predicted octanol–water partition coefficient (Wildman–Crippen LogP) is 0.472. The molecule has 3 unspecified atom stereocenters. The first-order chi connectivity index (χ1) is 9.52. The van der Waals surface area contributed by atoms with Crippen LogP contribution < -0.4 is 5.32 Å². The third-order valence-corrected chi connectivity index (χ3v) is 4.48. The Bertz CT molecular complexity index is 410. The first-order valence-corrected chi connectivity index (χ1v) is 7.31. The number of hydrogen-bond acceptors (Lipinski definition) is 3. The molecule has 6 heteroatoms. The molecule has 0 aromatic rings. The summed E-state index contributed by atoms with van der Waals surface area (Å²) in [7, 11) is 0. The minimum Gasteiger partial charge on any atom is -0.481 e. The van der Waals surface area contributed by atoms with Crippen LogP contribution in [-0.4, -0.2) is 47.4 Å². The van der Waals surface area contributed by atoms with Crippen LogP contribution >= 0.6 is 0 Å². The first kappa shape index (κ1) is 14.8. The van der Waals surface area contributed by atoms with Crippen molar-refractivity contribution in [3.05, 3.63) is 0 Å². The van der Waals surface area contributed by atoms with Crippen LogP contribution in [0.15, 0.2) is 0 Å². The maximum atomic E-state index is 12.0. The number of likely N-dealkylation sites (tertiary alicyclic amines) is 1. The average molecular weight is 282 g/mol. The van der Waals surface area contributed by atoms with Gasteiger partial charge in [-0.05, 0) is 25.7 Å². The van der Waals surface area contributed by atoms with Gasteiger partial charge in [0.15, 0.2) is 0 Å². The molecule has 1 aliphatic heterocycles. The molecule has 1 saturated heterocycles. The van der Waals surface area contributed by atoms with E-state index in [1.807, 2.05) is 6.92 Å². The SMILES string of the molecule is CCN1CC(C(=O)NCC2CCCC2C(=O)O)CC1=O. The zero-order valence-corrected chi connectivity index (χ0v) is 11.8. The van der Waals surface area contributed by atoms with Crippen LogP contribution in [0, 0.1) is 17.8 Å². The lowest BCUT2D eigenvalue weighted by atomic mass is 9.96. The van der Waals surface area contributed by atoms with Crippen LogP contribution in [-0.2, 0) is 14.4 Å². The van der Waals surface area contributed by atoms with E-state index in [4.69, 9.17) is 5.11 Å². The van der Waals surface area contributed by atoms with E-state index in [1.165, 1.54) is 0 Å². The normalized spacial score (nSPS) is 29.8. The second-order valence-corrected chi connectivity index (χ2v) is 5.71. The van der Waals surface area contributed by atoms with Crippen molar-refractivity contribution < 1.29 is 19.5 Å². The van der Waals surface area contributed by atoms with Crippen LogP contribution in [0.2, 0.25) is 0 Å². The quantitative estimate of drug-likeness (QED) is 0.767. The number of carboxylic acids is 1. The van der Waals surface area contributed by atoms with Gasteiger partial charge in [-0.3, -0.25) is 14.4 Å². The summed E-state index contributed by atoms with van der Waals surface area (Å²) in [4.78, 5) is 36.4. The van der Waals surface area contributed by atoms with Gasteiger partial charge in [0.25, 0.3) is 0 Å². The van der Waals surface area contributed by atoms with Crippen LogP contribution in [0.5, 0.6) is 0 Å². The molecule has 2 fully saturated rings. The lowest BCUT2D eigenvalue weighted by Gasteiger charge is -2.18. The highest BCUT2D eigenvalue weighted by Crippen LogP contribution is 2.31. The first-order valence-electron chi connectivity index (χ1n) is 7.31. The standard InChI is InChI=1S/C14H22N2O4/c1-2-16-8-10(6-12(16)17)13(18)15-7-9-4-3-5-11(9)14(19)20/h9-11H,2-8H2,1H3,(H,15,18)(H,19,20). The molecule has 1 heterocycles. The van der Waals surface area contributed by atoms with Gasteiger partial charge in [0.05, 0.1) is 11.8 Å². The summed E-state index contributed by atoms with van der Waals surface area (Å²) in [6, 6.07) is 0. The summed E-state index contributed by atoms with van der Waals surface area (Å²) in [6.07, 6.45) is 2.72. The van der Waals surface area contributed by atoms with E-state index in [0.717, 1.165) is 12.8 Å². The Morgan fingerprint density at radius 1 is 1.40 bits per heavy atom. The summed E-state index contributed by atoms with van der Waals surface area (Å²) in [5.74, 6) is -1.46. The van der Waals surface area contributed by atoms with Gasteiger partial charge in [-0.1, -0.05) is 6.42 Å². The van der Waals surface area contributed by atoms with Crippen molar-refractivity contribution in [1.29, 1.82) is 0 Å². The van der Waals surface area contributed by atoms with Crippen molar-refractivity contribution >= 4 is 17.8 Å². The molecule has 0 bridgehead atoms. The molecular weight excluding hydrogens is 260 g/mol. The number of hydrogen-bond donors (Lipinski definition) is 2. The largest absolute Gasteiger partial charge is 0.481 e. The Morgan fingerprint density at radius 2 is 2.15 bits per heavy atom. The highest BCUT2D eigenvalue weighted by atomic mass is 16.4. The fourth-order valence-electron chi connectivity index (χ4n) is 3.24. The lowest BCUT2D eigenvalue weighted by Crippen LogP contribution is -2.37. The van der Waals surface area contributed by atoms with Gasteiger partial charge in [0.2, 0.25) is 11.8 Å². The number of rotatable bonds is 5. The Morgan fingerprint density at radius 3 is 2.75 bits per heavy atom. The molecule has 2 N–H and O–H groups in total. The minimum absolute atomic E-state index is 0.0239. The molecule has 2 rings (SSSR count). The number of carboxylic acid groups (broad SMARTS) is 1. The molecule has 6 nitrogen and oxygen atoms in total. The molecule has 20 heavy (non-hydrogen) atoms. The van der Waals surface area contributed by atoms with Gasteiger partial charge in [-0.25, -0.2) is 0 Å². The molecule has 2 aliphatic rings. The van der Waals surface area contributed by atoms with Gasteiger partial charge in [-0.15, -0.1) is 0 Å². The zero-order valence-electron chi connectivity index (χ0n) is 11.8. The number of carbonyl (C=O) groups is 3. The highest BCUT2D eigenvalue weighted by molar-refractivity contribution is 5.89. The number of nitrogens with zero attached hydrogens (tertiary/aromatic N) is 1. The van der Waals surface area contributed by atoms with Crippen LogP contribution in [0.1, 0.15) is 32.6 Å². The molecule has 1 saturated carbocycles. The lowest BCUT2D eigenvalue weighted by molar-refractivity contribution is -0.143. The van der Waals surface area contributed by atoms with E-state index in [0.29, 0.717) is 26.1 Å². The zero-order chi connectivity index (χ0) is 14.7. The second-order valence-electron chi connectivity index (χ2n) is 5.71. The molecule has 0 radical (unpaired) electrons. The third kappa shape index (κ3) is 3.11. The fraction of sp³-hybridized carbons (Fsp3) is 0.786. The number of nitrogens with one attached hydrogen (secondary N) is 1. The molecular formula is C14H22N2O4. The number of amides is 2. The van der Waals surface area contributed by atoms with Crippen LogP contribution in [0.25, 0.3) is 0 Å². The topological polar surface area (TPSA) is 86.7 Å². The number of aliphatic carboxylic acids is 1. The number of carbonyl (C=O) groups excluding carboxylic acids is 2. The monoisotopic (exact) mass is 282 g/mol. The van der Waals surface area contributed by atoms with Crippen molar-refractivity contribution in [3.63, 3.8) is 0 Å². The van der Waals surface area contributed by atoms with Crippen LogP contribution in [0.4, 0.5) is 0 Å². The summed E-state index contributed by atoms with van der Waals surface area (Å²) in [6.45, 7) is 3.42. The Labute approximate surface area is 118 Å². The van der Waals surface area contributed by atoms with E-state index >= 15 is 0 Å². The molecule has 3 atom stereocenters. The van der Waals surface area contributed by atoms with Crippen molar-refractivity contribution in [2.24, 2.45) is 17.8 Å². The Kier molecular flexibility index (Phi) is 4.62. The smallest absolute Gasteiger partial charge is 0.306 e. The van der Waals surface area contributed by atoms with E-state index in [-0.39, 0.29) is 36.0 Å².